The Labute approximate surface area is 56.0 Å². The predicted molar refractivity (Wildman–Crippen MR) is 36.6 cm³/mol. The van der Waals surface area contributed by atoms with Gasteiger partial charge < -0.3 is 0 Å². The number of rotatable bonds is 0. The molecule has 1 aliphatic heterocycles. The highest BCUT2D eigenvalue weighted by atomic mass is 15.4. The summed E-state index contributed by atoms with van der Waals surface area (Å²) in [5.41, 5.74) is 0.618. The Morgan fingerprint density at radius 1 is 1.67 bits per heavy atom. The quantitative estimate of drug-likeness (QED) is 0.481. The third kappa shape index (κ3) is 0.775. The first-order chi connectivity index (χ1) is 4.21. The standard InChI is InChI=1S/C7H14N2/c1-7-4-6(7)2-3-9(8)5-7/h6H,2-5,8H2,1H3. The molecule has 1 saturated heterocycles. The number of fused-ring (bicyclic) bond motifs is 1. The van der Waals surface area contributed by atoms with Crippen molar-refractivity contribution in [1.29, 1.82) is 0 Å². The average molecular weight is 126 g/mol. The minimum absolute atomic E-state index is 0.618. The number of nitrogens with zero attached hydrogens (tertiary/aromatic N) is 1. The molecular formula is C7H14N2. The maximum Gasteiger partial charge on any atom is 0.0185 e. The summed E-state index contributed by atoms with van der Waals surface area (Å²) in [4.78, 5) is 0. The minimum atomic E-state index is 0.618. The zero-order chi connectivity index (χ0) is 6.48. The van der Waals surface area contributed by atoms with Gasteiger partial charge in [0.25, 0.3) is 0 Å². The van der Waals surface area contributed by atoms with E-state index in [4.69, 9.17) is 5.84 Å². The monoisotopic (exact) mass is 126 g/mol. The van der Waals surface area contributed by atoms with Crippen molar-refractivity contribution in [1.82, 2.24) is 5.01 Å². The van der Waals surface area contributed by atoms with Crippen molar-refractivity contribution in [3.8, 4) is 0 Å². The second-order valence-corrected chi connectivity index (χ2v) is 3.81. The summed E-state index contributed by atoms with van der Waals surface area (Å²) < 4.78 is 0. The van der Waals surface area contributed by atoms with Gasteiger partial charge in [-0.2, -0.15) is 0 Å². The van der Waals surface area contributed by atoms with Crippen LogP contribution in [0.5, 0.6) is 0 Å². The van der Waals surface area contributed by atoms with Crippen LogP contribution in [-0.4, -0.2) is 18.1 Å². The zero-order valence-corrected chi connectivity index (χ0v) is 5.93. The fourth-order valence-electron chi connectivity index (χ4n) is 2.01. The second kappa shape index (κ2) is 1.50. The van der Waals surface area contributed by atoms with Crippen LogP contribution in [0.25, 0.3) is 0 Å². The lowest BCUT2D eigenvalue weighted by Gasteiger charge is -2.26. The lowest BCUT2D eigenvalue weighted by molar-refractivity contribution is 0.178. The normalized spacial score (nSPS) is 50.7. The van der Waals surface area contributed by atoms with E-state index in [1.807, 2.05) is 5.01 Å². The van der Waals surface area contributed by atoms with Crippen LogP contribution in [0.1, 0.15) is 19.8 Å². The number of nitrogens with two attached hydrogens (primary N) is 1. The van der Waals surface area contributed by atoms with Crippen molar-refractivity contribution < 1.29 is 0 Å². The fraction of sp³-hybridized carbons (Fsp3) is 1.00. The number of hydrogen-bond donors (Lipinski definition) is 1. The van der Waals surface area contributed by atoms with E-state index in [0.29, 0.717) is 5.41 Å². The molecule has 52 valence electrons. The fourth-order valence-corrected chi connectivity index (χ4v) is 2.01. The van der Waals surface area contributed by atoms with Crippen LogP contribution in [0, 0.1) is 11.3 Å². The third-order valence-electron chi connectivity index (χ3n) is 2.87. The van der Waals surface area contributed by atoms with E-state index in [0.717, 1.165) is 19.0 Å². The molecule has 9 heavy (non-hydrogen) atoms. The first kappa shape index (κ1) is 5.69. The van der Waals surface area contributed by atoms with Gasteiger partial charge in [-0.25, -0.2) is 5.01 Å². The van der Waals surface area contributed by atoms with Gasteiger partial charge in [0.2, 0.25) is 0 Å². The number of piperidine rings is 1. The molecule has 2 rings (SSSR count). The predicted octanol–water partition coefficient (Wildman–Crippen LogP) is 0.592. The van der Waals surface area contributed by atoms with Crippen LogP contribution in [0.3, 0.4) is 0 Å². The van der Waals surface area contributed by atoms with E-state index in [-0.39, 0.29) is 0 Å². The Morgan fingerprint density at radius 3 is 3.00 bits per heavy atom. The molecular weight excluding hydrogens is 112 g/mol. The van der Waals surface area contributed by atoms with E-state index < -0.39 is 0 Å². The van der Waals surface area contributed by atoms with Crippen molar-refractivity contribution in [3.63, 3.8) is 0 Å². The molecule has 2 aliphatic rings. The van der Waals surface area contributed by atoms with Crippen LogP contribution in [0.4, 0.5) is 0 Å². The topological polar surface area (TPSA) is 29.3 Å². The Bertz CT molecular complexity index is 135. The van der Waals surface area contributed by atoms with Crippen molar-refractivity contribution in [2.45, 2.75) is 19.8 Å². The van der Waals surface area contributed by atoms with E-state index in [1.165, 1.54) is 12.8 Å². The van der Waals surface area contributed by atoms with E-state index in [9.17, 15) is 0 Å². The Hall–Kier alpha value is -0.0800. The molecule has 0 aromatic carbocycles. The molecule has 2 nitrogen and oxygen atoms in total. The Morgan fingerprint density at radius 2 is 2.44 bits per heavy atom. The van der Waals surface area contributed by atoms with E-state index in [1.54, 1.807) is 0 Å². The second-order valence-electron chi connectivity index (χ2n) is 3.81. The van der Waals surface area contributed by atoms with E-state index in [2.05, 4.69) is 6.92 Å². The van der Waals surface area contributed by atoms with Gasteiger partial charge in [-0.15, -0.1) is 0 Å². The molecule has 1 saturated carbocycles. The van der Waals surface area contributed by atoms with Gasteiger partial charge in [-0.1, -0.05) is 6.92 Å². The molecule has 0 aromatic rings. The molecule has 0 bridgehead atoms. The van der Waals surface area contributed by atoms with Crippen molar-refractivity contribution in [2.24, 2.45) is 17.2 Å². The lowest BCUT2D eigenvalue weighted by Crippen LogP contribution is -2.40. The average Bonchev–Trinajstić information content (AvgIpc) is 2.38. The molecule has 0 aromatic heterocycles. The summed E-state index contributed by atoms with van der Waals surface area (Å²) >= 11 is 0. The smallest absolute Gasteiger partial charge is 0.0185 e. The Kier molecular flexibility index (Phi) is 0.945. The van der Waals surface area contributed by atoms with Crippen molar-refractivity contribution in [2.75, 3.05) is 13.1 Å². The van der Waals surface area contributed by atoms with Crippen LogP contribution in [-0.2, 0) is 0 Å². The molecule has 2 atom stereocenters. The van der Waals surface area contributed by atoms with E-state index >= 15 is 0 Å². The summed E-state index contributed by atoms with van der Waals surface area (Å²) in [5.74, 6) is 6.68. The van der Waals surface area contributed by atoms with Gasteiger partial charge >= 0.3 is 0 Å². The molecule has 1 heterocycles. The first-order valence-electron chi connectivity index (χ1n) is 3.70. The van der Waals surface area contributed by atoms with Gasteiger partial charge in [0.1, 0.15) is 0 Å². The van der Waals surface area contributed by atoms with Gasteiger partial charge in [0.05, 0.1) is 0 Å². The molecule has 0 radical (unpaired) electrons. The van der Waals surface area contributed by atoms with Gasteiger partial charge in [0.15, 0.2) is 0 Å². The molecule has 2 fully saturated rings. The lowest BCUT2D eigenvalue weighted by atomic mass is 10.0. The van der Waals surface area contributed by atoms with Crippen LogP contribution < -0.4 is 5.84 Å². The molecule has 0 spiro atoms. The largest absolute Gasteiger partial charge is 0.269 e. The SMILES string of the molecule is CC12CC1CCN(N)C2. The highest BCUT2D eigenvalue weighted by Gasteiger charge is 2.52. The van der Waals surface area contributed by atoms with Crippen LogP contribution >= 0.6 is 0 Å². The molecule has 2 unspecified atom stereocenters. The van der Waals surface area contributed by atoms with Gasteiger partial charge in [0, 0.05) is 13.1 Å². The highest BCUT2D eigenvalue weighted by Crippen LogP contribution is 2.56. The molecule has 2 heteroatoms. The molecule has 2 N–H and O–H groups in total. The summed E-state index contributed by atoms with van der Waals surface area (Å²) in [6, 6.07) is 0. The van der Waals surface area contributed by atoms with Gasteiger partial charge in [-0.3, -0.25) is 5.84 Å². The van der Waals surface area contributed by atoms with Crippen LogP contribution in [0.2, 0.25) is 0 Å². The first-order valence-corrected chi connectivity index (χ1v) is 3.70. The number of hydrazine groups is 1. The third-order valence-corrected chi connectivity index (χ3v) is 2.87. The zero-order valence-electron chi connectivity index (χ0n) is 5.93. The number of hydrogen-bond acceptors (Lipinski definition) is 2. The van der Waals surface area contributed by atoms with Crippen molar-refractivity contribution >= 4 is 0 Å². The van der Waals surface area contributed by atoms with Gasteiger partial charge in [-0.05, 0) is 24.2 Å². The summed E-state index contributed by atoms with van der Waals surface area (Å²) in [7, 11) is 0. The summed E-state index contributed by atoms with van der Waals surface area (Å²) in [6.07, 6.45) is 2.74. The molecule has 1 aliphatic carbocycles. The maximum atomic E-state index is 5.67. The highest BCUT2D eigenvalue weighted by molar-refractivity contribution is 5.02. The van der Waals surface area contributed by atoms with Crippen molar-refractivity contribution in [3.05, 3.63) is 0 Å². The summed E-state index contributed by atoms with van der Waals surface area (Å²) in [6.45, 7) is 4.58. The Balaban J connectivity index is 2.03. The van der Waals surface area contributed by atoms with Crippen LogP contribution in [0.15, 0.2) is 0 Å². The maximum absolute atomic E-state index is 5.67. The summed E-state index contributed by atoms with van der Waals surface area (Å²) in [5, 5.41) is 1.96. The molecule has 0 amide bonds. The minimum Gasteiger partial charge on any atom is -0.269 e.